The van der Waals surface area contributed by atoms with E-state index in [0.29, 0.717) is 12.2 Å². The molecule has 32 heavy (non-hydrogen) atoms. The summed E-state index contributed by atoms with van der Waals surface area (Å²) in [5.74, 6) is 0.0265. The summed E-state index contributed by atoms with van der Waals surface area (Å²) in [4.78, 5) is 22.8. The summed E-state index contributed by atoms with van der Waals surface area (Å²) >= 11 is 0. The molecule has 4 heteroatoms. The zero-order valence-corrected chi connectivity index (χ0v) is 19.0. The smallest absolute Gasteiger partial charge is 0.273 e. The highest BCUT2D eigenvalue weighted by molar-refractivity contribution is 5.93. The lowest BCUT2D eigenvalue weighted by Gasteiger charge is -2.38. The van der Waals surface area contributed by atoms with Crippen molar-refractivity contribution in [2.24, 2.45) is 0 Å². The maximum atomic E-state index is 13.7. The molecule has 0 N–H and O–H groups in total. The number of benzene rings is 2. The Morgan fingerprint density at radius 3 is 2.34 bits per heavy atom. The summed E-state index contributed by atoms with van der Waals surface area (Å²) in [5.41, 5.74) is 3.81. The molecule has 0 bridgehead atoms. The predicted octanol–water partition coefficient (Wildman–Crippen LogP) is 5.66. The SMILES string of the molecule is CCCCN1CCC(N(Cc2ccccc2)C(=O)c2cc(-c3ccccc3)ccn2)CC1. The molecule has 0 saturated carbocycles. The van der Waals surface area contributed by atoms with Gasteiger partial charge in [-0.25, -0.2) is 0 Å². The minimum absolute atomic E-state index is 0.0265. The highest BCUT2D eigenvalue weighted by atomic mass is 16.2. The van der Waals surface area contributed by atoms with Gasteiger partial charge in [-0.2, -0.15) is 0 Å². The van der Waals surface area contributed by atoms with Gasteiger partial charge in [-0.05, 0) is 54.6 Å². The predicted molar refractivity (Wildman–Crippen MR) is 130 cm³/mol. The molecule has 0 unspecified atom stereocenters. The van der Waals surface area contributed by atoms with Crippen molar-refractivity contribution in [1.29, 1.82) is 0 Å². The third kappa shape index (κ3) is 5.63. The number of aromatic nitrogens is 1. The molecule has 2 aromatic carbocycles. The van der Waals surface area contributed by atoms with E-state index >= 15 is 0 Å². The molecule has 1 aliphatic heterocycles. The fourth-order valence-electron chi connectivity index (χ4n) is 4.49. The van der Waals surface area contributed by atoms with Crippen LogP contribution in [0.3, 0.4) is 0 Å². The Labute approximate surface area is 191 Å². The number of piperidine rings is 1. The van der Waals surface area contributed by atoms with E-state index in [0.717, 1.165) is 49.2 Å². The molecule has 0 spiro atoms. The van der Waals surface area contributed by atoms with Crippen molar-refractivity contribution in [2.75, 3.05) is 19.6 Å². The fourth-order valence-corrected chi connectivity index (χ4v) is 4.49. The van der Waals surface area contributed by atoms with Gasteiger partial charge in [0.05, 0.1) is 0 Å². The molecular weight excluding hydrogens is 394 g/mol. The van der Waals surface area contributed by atoms with E-state index in [-0.39, 0.29) is 11.9 Å². The Morgan fingerprint density at radius 2 is 1.66 bits per heavy atom. The van der Waals surface area contributed by atoms with Gasteiger partial charge in [-0.15, -0.1) is 0 Å². The van der Waals surface area contributed by atoms with Crippen molar-refractivity contribution in [3.63, 3.8) is 0 Å². The van der Waals surface area contributed by atoms with Crippen LogP contribution in [0.1, 0.15) is 48.7 Å². The summed E-state index contributed by atoms with van der Waals surface area (Å²) in [7, 11) is 0. The van der Waals surface area contributed by atoms with Crippen LogP contribution in [0.5, 0.6) is 0 Å². The number of amides is 1. The topological polar surface area (TPSA) is 36.4 Å². The number of carbonyl (C=O) groups excluding carboxylic acids is 1. The quantitative estimate of drug-likeness (QED) is 0.466. The van der Waals surface area contributed by atoms with Crippen LogP contribution in [0.4, 0.5) is 0 Å². The average molecular weight is 428 g/mol. The zero-order chi connectivity index (χ0) is 22.2. The normalized spacial score (nSPS) is 14.9. The first-order valence-electron chi connectivity index (χ1n) is 11.8. The lowest BCUT2D eigenvalue weighted by molar-refractivity contribution is 0.0543. The summed E-state index contributed by atoms with van der Waals surface area (Å²) in [6.45, 7) is 6.14. The Kier molecular flexibility index (Phi) is 7.68. The minimum atomic E-state index is 0.0265. The van der Waals surface area contributed by atoms with Crippen molar-refractivity contribution in [3.8, 4) is 11.1 Å². The molecule has 4 rings (SSSR count). The minimum Gasteiger partial charge on any atom is -0.330 e. The first kappa shape index (κ1) is 22.2. The number of likely N-dealkylation sites (tertiary alicyclic amines) is 1. The van der Waals surface area contributed by atoms with Crippen LogP contribution in [-0.4, -0.2) is 46.4 Å². The lowest BCUT2D eigenvalue weighted by atomic mass is 10.0. The molecule has 1 aromatic heterocycles. The highest BCUT2D eigenvalue weighted by Crippen LogP contribution is 2.24. The Bertz CT molecular complexity index is 982. The molecule has 0 aliphatic carbocycles. The maximum Gasteiger partial charge on any atom is 0.273 e. The van der Waals surface area contributed by atoms with Gasteiger partial charge in [-0.3, -0.25) is 9.78 Å². The molecule has 0 atom stereocenters. The van der Waals surface area contributed by atoms with E-state index in [9.17, 15) is 4.79 Å². The van der Waals surface area contributed by atoms with Gasteiger partial charge in [0.2, 0.25) is 0 Å². The summed E-state index contributed by atoms with van der Waals surface area (Å²) in [5, 5.41) is 0. The summed E-state index contributed by atoms with van der Waals surface area (Å²) in [6, 6.07) is 24.6. The Hall–Kier alpha value is -2.98. The summed E-state index contributed by atoms with van der Waals surface area (Å²) in [6.07, 6.45) is 6.25. The lowest BCUT2D eigenvalue weighted by Crippen LogP contribution is -2.47. The fraction of sp³-hybridized carbons (Fsp3) is 0.357. The van der Waals surface area contributed by atoms with Crippen LogP contribution in [0, 0.1) is 0 Å². The van der Waals surface area contributed by atoms with Gasteiger partial charge in [-0.1, -0.05) is 74.0 Å². The van der Waals surface area contributed by atoms with Crippen LogP contribution in [-0.2, 0) is 6.54 Å². The number of pyridine rings is 1. The van der Waals surface area contributed by atoms with Gasteiger partial charge in [0.1, 0.15) is 5.69 Å². The number of hydrogen-bond donors (Lipinski definition) is 0. The van der Waals surface area contributed by atoms with Crippen molar-refractivity contribution in [1.82, 2.24) is 14.8 Å². The van der Waals surface area contributed by atoms with Crippen LogP contribution >= 0.6 is 0 Å². The standard InChI is InChI=1S/C28H33N3O/c1-2-3-18-30-19-15-26(16-20-30)31(22-23-10-6-4-7-11-23)28(32)27-21-25(14-17-29-27)24-12-8-5-9-13-24/h4-14,17,21,26H,2-3,15-16,18-20,22H2,1H3. The van der Waals surface area contributed by atoms with Crippen molar-refractivity contribution < 1.29 is 4.79 Å². The van der Waals surface area contributed by atoms with Crippen LogP contribution in [0.15, 0.2) is 79.0 Å². The number of hydrogen-bond acceptors (Lipinski definition) is 3. The number of rotatable bonds is 8. The van der Waals surface area contributed by atoms with Gasteiger partial charge in [0.25, 0.3) is 5.91 Å². The number of carbonyl (C=O) groups is 1. The molecule has 1 amide bonds. The van der Waals surface area contributed by atoms with Crippen LogP contribution in [0.2, 0.25) is 0 Å². The van der Waals surface area contributed by atoms with Gasteiger partial charge < -0.3 is 9.80 Å². The van der Waals surface area contributed by atoms with E-state index in [4.69, 9.17) is 0 Å². The van der Waals surface area contributed by atoms with Crippen LogP contribution < -0.4 is 0 Å². The van der Waals surface area contributed by atoms with E-state index in [1.54, 1.807) is 6.20 Å². The Morgan fingerprint density at radius 1 is 0.969 bits per heavy atom. The van der Waals surface area contributed by atoms with E-state index in [1.165, 1.54) is 12.8 Å². The maximum absolute atomic E-state index is 13.7. The molecule has 1 saturated heterocycles. The second-order valence-electron chi connectivity index (χ2n) is 8.64. The number of nitrogens with zero attached hydrogens (tertiary/aromatic N) is 3. The third-order valence-corrected chi connectivity index (χ3v) is 6.37. The zero-order valence-electron chi connectivity index (χ0n) is 19.0. The van der Waals surface area contributed by atoms with E-state index < -0.39 is 0 Å². The first-order chi connectivity index (χ1) is 15.7. The van der Waals surface area contributed by atoms with Crippen molar-refractivity contribution in [2.45, 2.75) is 45.2 Å². The average Bonchev–Trinajstić information content (AvgIpc) is 2.87. The molecule has 166 valence electrons. The monoisotopic (exact) mass is 427 g/mol. The molecule has 1 fully saturated rings. The molecule has 1 aliphatic rings. The largest absolute Gasteiger partial charge is 0.330 e. The molecular formula is C28H33N3O. The molecule has 4 nitrogen and oxygen atoms in total. The Balaban J connectivity index is 1.55. The molecule has 2 heterocycles. The van der Waals surface area contributed by atoms with Crippen LogP contribution in [0.25, 0.3) is 11.1 Å². The van der Waals surface area contributed by atoms with E-state index in [2.05, 4.69) is 46.0 Å². The van der Waals surface area contributed by atoms with Crippen molar-refractivity contribution in [3.05, 3.63) is 90.3 Å². The third-order valence-electron chi connectivity index (χ3n) is 6.37. The highest BCUT2D eigenvalue weighted by Gasteiger charge is 2.29. The summed E-state index contributed by atoms with van der Waals surface area (Å²) < 4.78 is 0. The second kappa shape index (κ2) is 11.1. The van der Waals surface area contributed by atoms with Gasteiger partial charge in [0.15, 0.2) is 0 Å². The molecule has 3 aromatic rings. The van der Waals surface area contributed by atoms with Gasteiger partial charge in [0, 0.05) is 31.9 Å². The number of unbranched alkanes of at least 4 members (excludes halogenated alkanes) is 1. The molecule has 0 radical (unpaired) electrons. The second-order valence-corrected chi connectivity index (χ2v) is 8.64. The van der Waals surface area contributed by atoms with E-state index in [1.807, 2.05) is 48.5 Å². The first-order valence-corrected chi connectivity index (χ1v) is 11.8. The van der Waals surface area contributed by atoms with Gasteiger partial charge >= 0.3 is 0 Å². The van der Waals surface area contributed by atoms with Crippen molar-refractivity contribution >= 4 is 5.91 Å².